The molecule has 0 fully saturated rings. The third kappa shape index (κ3) is 80.1. The van der Waals surface area contributed by atoms with Gasteiger partial charge in [0.2, 0.25) is 0 Å². The predicted octanol–water partition coefficient (Wildman–Crippen LogP) is 26.5. The van der Waals surface area contributed by atoms with Crippen LogP contribution in [0.5, 0.6) is 0 Å². The lowest BCUT2D eigenvalue weighted by Crippen LogP contribution is -2.30. The van der Waals surface area contributed by atoms with E-state index in [4.69, 9.17) is 37.0 Å². The summed E-state index contributed by atoms with van der Waals surface area (Å²) in [5.41, 5.74) is 0. The van der Waals surface area contributed by atoms with E-state index in [0.29, 0.717) is 25.7 Å². The maximum absolute atomic E-state index is 13.2. The van der Waals surface area contributed by atoms with Gasteiger partial charge in [0, 0.05) is 25.7 Å². The predicted molar refractivity (Wildman–Crippen MR) is 437 cm³/mol. The van der Waals surface area contributed by atoms with E-state index in [2.05, 4.69) is 48.5 Å². The molecule has 0 rings (SSSR count). The molecule has 0 aliphatic carbocycles. The lowest BCUT2D eigenvalue weighted by molar-refractivity contribution is -0.161. The van der Waals surface area contributed by atoms with Gasteiger partial charge in [0.15, 0.2) is 12.2 Å². The third-order valence-electron chi connectivity index (χ3n) is 20.4. The molecule has 106 heavy (non-hydrogen) atoms. The van der Waals surface area contributed by atoms with Gasteiger partial charge in [-0.25, -0.2) is 9.13 Å². The smallest absolute Gasteiger partial charge is 0.462 e. The Morgan fingerprint density at radius 3 is 0.642 bits per heavy atom. The molecule has 0 aromatic carbocycles. The molecule has 0 aromatic heterocycles. The Hall–Kier alpha value is -1.94. The maximum atomic E-state index is 13.2. The maximum Gasteiger partial charge on any atom is 0.472 e. The van der Waals surface area contributed by atoms with Crippen molar-refractivity contribution in [1.29, 1.82) is 0 Å². The fraction of sp³-hybridized carbons (Fsp3) is 0.954. The summed E-state index contributed by atoms with van der Waals surface area (Å²) < 4.78 is 69.0. The molecule has 0 aromatic rings. The van der Waals surface area contributed by atoms with Crippen molar-refractivity contribution in [2.24, 2.45) is 17.8 Å². The molecule has 0 heterocycles. The molecule has 0 aliphatic heterocycles. The van der Waals surface area contributed by atoms with E-state index < -0.39 is 97.5 Å². The number of aliphatic hydroxyl groups excluding tert-OH is 1. The lowest BCUT2D eigenvalue weighted by Gasteiger charge is -2.21. The van der Waals surface area contributed by atoms with Gasteiger partial charge >= 0.3 is 39.5 Å². The monoisotopic (exact) mass is 1550 g/mol. The van der Waals surface area contributed by atoms with Crippen LogP contribution in [0.15, 0.2) is 0 Å². The number of hydrogen-bond donors (Lipinski definition) is 3. The Kier molecular flexibility index (Phi) is 75.6. The van der Waals surface area contributed by atoms with Gasteiger partial charge in [-0.05, 0) is 43.4 Å². The van der Waals surface area contributed by atoms with Crippen LogP contribution in [0.4, 0.5) is 0 Å². The van der Waals surface area contributed by atoms with Crippen LogP contribution in [0.25, 0.3) is 0 Å². The van der Waals surface area contributed by atoms with E-state index in [0.717, 1.165) is 108 Å². The van der Waals surface area contributed by atoms with Crippen molar-refractivity contribution >= 4 is 39.5 Å². The highest BCUT2D eigenvalue weighted by Crippen LogP contribution is 2.45. The van der Waals surface area contributed by atoms with Crippen molar-refractivity contribution < 1.29 is 80.2 Å². The zero-order valence-corrected chi connectivity index (χ0v) is 71.7. The van der Waals surface area contributed by atoms with Crippen LogP contribution in [-0.2, 0) is 65.4 Å². The SMILES string of the molecule is CCCCCCCCCCCCCCCCCCCCCC(=O)OC[C@H](COP(=O)(O)OC[C@@H](O)COP(=O)(O)OC[C@@H](COC(=O)CCCCCCCCCCCC(C)C)OC(=O)CCCCCCCCCCCCCCCC(C)C)OC(=O)CCCCCCCCCCCCCCCCCCC(C)C. The minimum atomic E-state index is -4.97. The number of esters is 4. The first-order chi connectivity index (χ1) is 51.2. The van der Waals surface area contributed by atoms with Gasteiger partial charge < -0.3 is 33.8 Å². The number of ether oxygens (including phenoxy) is 4. The number of unbranched alkanes of at least 4 members (excludes halogenated alkanes) is 53. The summed E-state index contributed by atoms with van der Waals surface area (Å²) in [5.74, 6) is 0.237. The summed E-state index contributed by atoms with van der Waals surface area (Å²) in [5, 5.41) is 10.7. The first-order valence-corrected chi connectivity index (χ1v) is 47.8. The first-order valence-electron chi connectivity index (χ1n) is 44.8. The van der Waals surface area contributed by atoms with Crippen LogP contribution in [0.1, 0.15) is 459 Å². The Morgan fingerprint density at radius 1 is 0.255 bits per heavy atom. The molecule has 2 unspecified atom stereocenters. The summed E-state index contributed by atoms with van der Waals surface area (Å²) in [7, 11) is -9.93. The van der Waals surface area contributed by atoms with E-state index >= 15 is 0 Å². The third-order valence-corrected chi connectivity index (χ3v) is 22.3. The van der Waals surface area contributed by atoms with Gasteiger partial charge in [0.05, 0.1) is 26.4 Å². The quantitative estimate of drug-likeness (QED) is 0.0222. The van der Waals surface area contributed by atoms with E-state index in [1.54, 1.807) is 0 Å². The average Bonchev–Trinajstić information content (AvgIpc) is 0.900. The van der Waals surface area contributed by atoms with Crippen LogP contribution in [0, 0.1) is 17.8 Å². The highest BCUT2D eigenvalue weighted by Gasteiger charge is 2.30. The summed E-state index contributed by atoms with van der Waals surface area (Å²) in [6.07, 6.45) is 68.0. The van der Waals surface area contributed by atoms with Crippen molar-refractivity contribution in [2.45, 2.75) is 478 Å². The summed E-state index contributed by atoms with van der Waals surface area (Å²) in [6, 6.07) is 0. The molecule has 0 aliphatic rings. The second-order valence-corrected chi connectivity index (χ2v) is 35.6. The molecule has 0 saturated carbocycles. The summed E-state index contributed by atoms with van der Waals surface area (Å²) in [4.78, 5) is 73.3. The zero-order chi connectivity index (χ0) is 77.9. The fourth-order valence-corrected chi connectivity index (χ4v) is 15.1. The number of phosphoric acid groups is 2. The molecular weight excluding hydrogens is 1380 g/mol. The fourth-order valence-electron chi connectivity index (χ4n) is 13.5. The number of carbonyl (C=O) groups excluding carboxylic acids is 4. The van der Waals surface area contributed by atoms with Gasteiger partial charge in [-0.3, -0.25) is 37.3 Å². The van der Waals surface area contributed by atoms with Crippen molar-refractivity contribution in [3.63, 3.8) is 0 Å². The molecule has 17 nitrogen and oxygen atoms in total. The Morgan fingerprint density at radius 2 is 0.434 bits per heavy atom. The van der Waals surface area contributed by atoms with E-state index in [-0.39, 0.29) is 25.7 Å². The number of rotatable bonds is 85. The van der Waals surface area contributed by atoms with Crippen LogP contribution in [0.2, 0.25) is 0 Å². The molecule has 0 saturated heterocycles. The molecule has 19 heteroatoms. The first kappa shape index (κ1) is 104. The van der Waals surface area contributed by atoms with Gasteiger partial charge in [-0.1, -0.05) is 408 Å². The number of carbonyl (C=O) groups is 4. The van der Waals surface area contributed by atoms with Crippen LogP contribution in [0.3, 0.4) is 0 Å². The van der Waals surface area contributed by atoms with Gasteiger partial charge in [-0.2, -0.15) is 0 Å². The largest absolute Gasteiger partial charge is 0.472 e. The second kappa shape index (κ2) is 77.0. The molecule has 0 spiro atoms. The van der Waals surface area contributed by atoms with E-state index in [9.17, 15) is 43.2 Å². The minimum Gasteiger partial charge on any atom is -0.462 e. The molecule has 0 bridgehead atoms. The van der Waals surface area contributed by atoms with Gasteiger partial charge in [-0.15, -0.1) is 0 Å². The zero-order valence-electron chi connectivity index (χ0n) is 69.9. The molecule has 3 N–H and O–H groups in total. The minimum absolute atomic E-state index is 0.107. The van der Waals surface area contributed by atoms with Gasteiger partial charge in [0.1, 0.15) is 19.3 Å². The highest BCUT2D eigenvalue weighted by atomic mass is 31.2. The summed E-state index contributed by atoms with van der Waals surface area (Å²) in [6.45, 7) is 12.0. The number of phosphoric ester groups is 2. The topological polar surface area (TPSA) is 237 Å². The highest BCUT2D eigenvalue weighted by molar-refractivity contribution is 7.47. The molecule has 630 valence electrons. The molecule has 0 amide bonds. The number of hydrogen-bond acceptors (Lipinski definition) is 15. The van der Waals surface area contributed by atoms with Crippen LogP contribution < -0.4 is 0 Å². The van der Waals surface area contributed by atoms with E-state index in [1.165, 1.54) is 270 Å². The average molecular weight is 1550 g/mol. The molecular formula is C87H170O17P2. The summed E-state index contributed by atoms with van der Waals surface area (Å²) >= 11 is 0. The normalized spacial score (nSPS) is 13.9. The van der Waals surface area contributed by atoms with Crippen molar-refractivity contribution in [1.82, 2.24) is 0 Å². The van der Waals surface area contributed by atoms with E-state index in [1.807, 2.05) is 0 Å². The Balaban J connectivity index is 5.26. The van der Waals surface area contributed by atoms with Crippen molar-refractivity contribution in [3.05, 3.63) is 0 Å². The Labute approximate surface area is 651 Å². The lowest BCUT2D eigenvalue weighted by atomic mass is 10.0. The molecule has 0 radical (unpaired) electrons. The van der Waals surface area contributed by atoms with Gasteiger partial charge in [0.25, 0.3) is 0 Å². The second-order valence-electron chi connectivity index (χ2n) is 32.7. The van der Waals surface area contributed by atoms with Crippen molar-refractivity contribution in [2.75, 3.05) is 39.6 Å². The van der Waals surface area contributed by atoms with Crippen molar-refractivity contribution in [3.8, 4) is 0 Å². The Bertz CT molecular complexity index is 2040. The molecule has 5 atom stereocenters. The van der Waals surface area contributed by atoms with Crippen LogP contribution >= 0.6 is 15.6 Å². The standard InChI is InChI=1S/C87H170O17P2/c1-8-9-10-11-12-13-14-15-16-17-18-19-23-28-33-40-47-54-61-68-84(89)97-74-82(103-86(91)70-63-56-49-41-34-29-24-21-20-22-26-31-37-44-51-58-65-78(2)3)76-101-105(93,94)99-72-81(88)73-100-106(95,96)102-77-83(75-98-85(90)69-62-55-48-43-36-39-46-53-60-67-80(6)7)104-87(92)71-64-57-50-42-35-30-25-27-32-38-45-52-59-66-79(4)5/h78-83,88H,8-77H2,1-7H3,(H,93,94)(H,95,96)/t81-,82-,83-/m1/s1. The number of aliphatic hydroxyl groups is 1. The van der Waals surface area contributed by atoms with Crippen LogP contribution in [-0.4, -0.2) is 96.7 Å².